The first-order valence-electron chi connectivity index (χ1n) is 8.74. The standard InChI is InChI=1S/C20H18N6O2.H2S/c1-12-15-16(17(21)23-11-22-15)25-18(24-12)14-5-3-4-13(10-14)6-7-20(28)8-9-26(2)19(20)27;/h3-5,10-11,28H,8-9H2,1-2H3,(H2,21,22,23);1H2/t20-;/m1./s1. The second-order valence-electron chi connectivity index (χ2n) is 6.76. The number of likely N-dealkylation sites (tertiary alicyclic amines) is 1. The van der Waals surface area contributed by atoms with Crippen LogP contribution in [0.15, 0.2) is 30.6 Å². The number of aromatic nitrogens is 4. The number of nitrogens with two attached hydrogens (primary N) is 1. The molecule has 3 heterocycles. The molecular weight excluding hydrogens is 388 g/mol. The van der Waals surface area contributed by atoms with E-state index in [2.05, 4.69) is 31.8 Å². The van der Waals surface area contributed by atoms with Gasteiger partial charge in [-0.2, -0.15) is 13.5 Å². The number of amides is 1. The summed E-state index contributed by atoms with van der Waals surface area (Å²) in [5.41, 5.74) is 7.48. The van der Waals surface area contributed by atoms with Crippen LogP contribution < -0.4 is 5.73 Å². The zero-order valence-corrected chi connectivity index (χ0v) is 17.0. The maximum absolute atomic E-state index is 12.1. The lowest BCUT2D eigenvalue weighted by atomic mass is 10.0. The summed E-state index contributed by atoms with van der Waals surface area (Å²) in [5.74, 6) is 6.01. The van der Waals surface area contributed by atoms with Crippen LogP contribution in [0.5, 0.6) is 0 Å². The Morgan fingerprint density at radius 1 is 1.24 bits per heavy atom. The summed E-state index contributed by atoms with van der Waals surface area (Å²) >= 11 is 0. The van der Waals surface area contributed by atoms with Gasteiger partial charge in [-0.15, -0.1) is 0 Å². The highest BCUT2D eigenvalue weighted by Crippen LogP contribution is 2.24. The largest absolute Gasteiger partial charge is 0.382 e. The van der Waals surface area contributed by atoms with Gasteiger partial charge in [0, 0.05) is 31.1 Å². The molecule has 0 aliphatic carbocycles. The Hall–Kier alpha value is -3.22. The van der Waals surface area contributed by atoms with Gasteiger partial charge in [-0.25, -0.2) is 19.9 Å². The molecule has 1 amide bonds. The number of carbonyl (C=O) groups excluding carboxylic acids is 1. The number of anilines is 1. The monoisotopic (exact) mass is 408 g/mol. The molecule has 0 spiro atoms. The Morgan fingerprint density at radius 3 is 2.76 bits per heavy atom. The van der Waals surface area contributed by atoms with Crippen molar-refractivity contribution in [3.05, 3.63) is 41.9 Å². The third-order valence-corrected chi connectivity index (χ3v) is 4.73. The Balaban J connectivity index is 0.00000240. The predicted molar refractivity (Wildman–Crippen MR) is 114 cm³/mol. The summed E-state index contributed by atoms with van der Waals surface area (Å²) in [6.45, 7) is 2.32. The second-order valence-corrected chi connectivity index (χ2v) is 6.76. The Bertz CT molecular complexity index is 1170. The van der Waals surface area contributed by atoms with Gasteiger partial charge in [-0.1, -0.05) is 24.0 Å². The predicted octanol–water partition coefficient (Wildman–Crippen LogP) is 1.03. The van der Waals surface area contributed by atoms with Crippen LogP contribution in [0.1, 0.15) is 17.7 Å². The van der Waals surface area contributed by atoms with Gasteiger partial charge in [0.15, 0.2) is 11.6 Å². The highest BCUT2D eigenvalue weighted by molar-refractivity contribution is 7.59. The van der Waals surface area contributed by atoms with E-state index in [0.717, 1.165) is 5.56 Å². The van der Waals surface area contributed by atoms with Gasteiger partial charge in [0.2, 0.25) is 5.60 Å². The van der Waals surface area contributed by atoms with Crippen molar-refractivity contribution in [2.75, 3.05) is 19.3 Å². The van der Waals surface area contributed by atoms with Crippen LogP contribution in [0.25, 0.3) is 22.4 Å². The number of nitrogen functional groups attached to an aromatic ring is 1. The zero-order valence-electron chi connectivity index (χ0n) is 16.0. The van der Waals surface area contributed by atoms with Crippen LogP contribution in [-0.4, -0.2) is 55.0 Å². The van der Waals surface area contributed by atoms with Gasteiger partial charge < -0.3 is 15.7 Å². The highest BCUT2D eigenvalue weighted by atomic mass is 32.1. The molecule has 148 valence electrons. The average Bonchev–Trinajstić information content (AvgIpc) is 2.95. The van der Waals surface area contributed by atoms with Crippen molar-refractivity contribution in [3.63, 3.8) is 0 Å². The minimum absolute atomic E-state index is 0. The number of hydrogen-bond acceptors (Lipinski definition) is 7. The molecule has 0 saturated carbocycles. The van der Waals surface area contributed by atoms with E-state index < -0.39 is 5.60 Å². The van der Waals surface area contributed by atoms with Crippen molar-refractivity contribution < 1.29 is 9.90 Å². The van der Waals surface area contributed by atoms with Crippen molar-refractivity contribution in [3.8, 4) is 23.2 Å². The molecule has 1 aromatic carbocycles. The molecule has 2 aromatic heterocycles. The minimum atomic E-state index is -1.63. The summed E-state index contributed by atoms with van der Waals surface area (Å²) < 4.78 is 0. The first-order valence-corrected chi connectivity index (χ1v) is 8.74. The smallest absolute Gasteiger partial charge is 0.267 e. The third kappa shape index (κ3) is 3.72. The summed E-state index contributed by atoms with van der Waals surface area (Å²) in [5, 5.41) is 10.4. The molecule has 0 bridgehead atoms. The van der Waals surface area contributed by atoms with Gasteiger partial charge >= 0.3 is 0 Å². The lowest BCUT2D eigenvalue weighted by Gasteiger charge is -2.13. The molecule has 1 aliphatic rings. The average molecular weight is 408 g/mol. The second kappa shape index (κ2) is 7.66. The van der Waals surface area contributed by atoms with E-state index in [1.807, 2.05) is 19.1 Å². The number of hydrogen-bond donors (Lipinski definition) is 2. The van der Waals surface area contributed by atoms with E-state index in [4.69, 9.17) is 5.73 Å². The maximum Gasteiger partial charge on any atom is 0.267 e. The molecule has 1 saturated heterocycles. The first kappa shape index (κ1) is 20.5. The van der Waals surface area contributed by atoms with E-state index in [0.29, 0.717) is 46.9 Å². The van der Waals surface area contributed by atoms with E-state index in [-0.39, 0.29) is 19.4 Å². The van der Waals surface area contributed by atoms with E-state index in [9.17, 15) is 9.90 Å². The van der Waals surface area contributed by atoms with Crippen molar-refractivity contribution in [2.45, 2.75) is 18.9 Å². The highest BCUT2D eigenvalue weighted by Gasteiger charge is 2.42. The number of aliphatic hydroxyl groups is 1. The number of nitrogens with zero attached hydrogens (tertiary/aromatic N) is 5. The molecule has 3 N–H and O–H groups in total. The molecule has 0 radical (unpaired) electrons. The fourth-order valence-corrected chi connectivity index (χ4v) is 3.12. The van der Waals surface area contributed by atoms with Gasteiger partial charge in [-0.05, 0) is 19.1 Å². The van der Waals surface area contributed by atoms with E-state index >= 15 is 0 Å². The van der Waals surface area contributed by atoms with Crippen LogP contribution in [0.2, 0.25) is 0 Å². The van der Waals surface area contributed by atoms with Crippen LogP contribution in [0.3, 0.4) is 0 Å². The van der Waals surface area contributed by atoms with Crippen LogP contribution in [0.4, 0.5) is 5.82 Å². The molecule has 8 nitrogen and oxygen atoms in total. The summed E-state index contributed by atoms with van der Waals surface area (Å²) in [4.78, 5) is 30.7. The number of rotatable bonds is 1. The summed E-state index contributed by atoms with van der Waals surface area (Å²) in [6.07, 6.45) is 1.68. The number of fused-ring (bicyclic) bond motifs is 1. The molecule has 1 atom stereocenters. The fraction of sp³-hybridized carbons (Fsp3) is 0.250. The van der Waals surface area contributed by atoms with E-state index in [1.54, 1.807) is 19.2 Å². The van der Waals surface area contributed by atoms with Crippen molar-refractivity contribution in [2.24, 2.45) is 0 Å². The van der Waals surface area contributed by atoms with Crippen molar-refractivity contribution in [1.29, 1.82) is 0 Å². The Morgan fingerprint density at radius 2 is 2.03 bits per heavy atom. The lowest BCUT2D eigenvalue weighted by molar-refractivity contribution is -0.137. The molecule has 1 fully saturated rings. The molecule has 4 rings (SSSR count). The zero-order chi connectivity index (χ0) is 19.9. The summed E-state index contributed by atoms with van der Waals surface area (Å²) in [7, 11) is 1.65. The van der Waals surface area contributed by atoms with Crippen LogP contribution in [0, 0.1) is 18.8 Å². The van der Waals surface area contributed by atoms with Gasteiger partial charge in [0.05, 0.1) is 5.69 Å². The van der Waals surface area contributed by atoms with Gasteiger partial charge in [-0.3, -0.25) is 4.79 Å². The van der Waals surface area contributed by atoms with Crippen molar-refractivity contribution in [1.82, 2.24) is 24.8 Å². The third-order valence-electron chi connectivity index (χ3n) is 4.73. The molecule has 1 aliphatic heterocycles. The number of benzene rings is 1. The number of aryl methyl sites for hydroxylation is 1. The first-order chi connectivity index (χ1) is 13.4. The molecule has 0 unspecified atom stereocenters. The number of carbonyl (C=O) groups is 1. The minimum Gasteiger partial charge on any atom is -0.382 e. The molecule has 9 heteroatoms. The van der Waals surface area contributed by atoms with E-state index in [1.165, 1.54) is 11.2 Å². The van der Waals surface area contributed by atoms with Crippen LogP contribution in [-0.2, 0) is 4.79 Å². The molecular formula is C20H20N6O2S. The molecule has 29 heavy (non-hydrogen) atoms. The lowest BCUT2D eigenvalue weighted by Crippen LogP contribution is -2.37. The maximum atomic E-state index is 12.1. The quantitative estimate of drug-likeness (QED) is 0.578. The topological polar surface area (TPSA) is 118 Å². The fourth-order valence-electron chi connectivity index (χ4n) is 3.12. The normalized spacial score (nSPS) is 18.3. The number of likely N-dealkylation sites (N-methyl/N-ethyl adjacent to an activating group) is 1. The Labute approximate surface area is 174 Å². The van der Waals surface area contributed by atoms with Crippen LogP contribution >= 0.6 is 13.5 Å². The van der Waals surface area contributed by atoms with Gasteiger partial charge in [0.25, 0.3) is 5.91 Å². The SMILES string of the molecule is Cc1nc(-c2cccc(C#C[C@@]3(O)CCN(C)C3=O)c2)nc2c(N)ncnc12.S. The summed E-state index contributed by atoms with van der Waals surface area (Å²) in [6, 6.07) is 7.28. The Kier molecular flexibility index (Phi) is 5.42. The van der Waals surface area contributed by atoms with Gasteiger partial charge in [0.1, 0.15) is 17.4 Å². The van der Waals surface area contributed by atoms with Crippen molar-refractivity contribution >= 4 is 36.3 Å². The molecule has 3 aromatic rings.